The van der Waals surface area contributed by atoms with Crippen LogP contribution in [-0.4, -0.2) is 49.2 Å². The largest absolute Gasteiger partial charge is 0.462 e. The van der Waals surface area contributed by atoms with E-state index in [4.69, 9.17) is 4.74 Å². The molecule has 1 saturated heterocycles. The molecule has 0 spiro atoms. The van der Waals surface area contributed by atoms with Gasteiger partial charge in [0.25, 0.3) is 0 Å². The van der Waals surface area contributed by atoms with Crippen LogP contribution in [0.3, 0.4) is 0 Å². The predicted octanol–water partition coefficient (Wildman–Crippen LogP) is 5.63. The number of likely N-dealkylation sites (tertiary alicyclic amines) is 1. The molecule has 0 bridgehead atoms. The van der Waals surface area contributed by atoms with Crippen LogP contribution >= 0.6 is 27.3 Å². The molecule has 0 saturated carbocycles. The monoisotopic (exact) mass is 562 g/mol. The summed E-state index contributed by atoms with van der Waals surface area (Å²) in [4.78, 5) is 40.8. The fourth-order valence-electron chi connectivity index (χ4n) is 4.57. The number of aryl methyl sites for hydroxylation is 1. The van der Waals surface area contributed by atoms with Crippen molar-refractivity contribution in [2.45, 2.75) is 45.4 Å². The minimum absolute atomic E-state index is 0.111. The number of esters is 1. The van der Waals surface area contributed by atoms with Crippen LogP contribution in [0.15, 0.2) is 28.7 Å². The van der Waals surface area contributed by atoms with Gasteiger partial charge in [0.2, 0.25) is 0 Å². The quantitative estimate of drug-likeness (QED) is 0.397. The zero-order valence-electron chi connectivity index (χ0n) is 19.8. The van der Waals surface area contributed by atoms with Gasteiger partial charge in [0.1, 0.15) is 5.00 Å². The SMILES string of the molecule is CCOC(=O)c1c(NC(=O)NCC2CCN(C(=O)Nc3cccc(Br)c3)CC2)sc2c1CCCC2. The maximum Gasteiger partial charge on any atom is 0.341 e. The third kappa shape index (κ3) is 6.55. The Morgan fingerprint density at radius 2 is 1.91 bits per heavy atom. The highest BCUT2D eigenvalue weighted by Crippen LogP contribution is 2.38. The summed E-state index contributed by atoms with van der Waals surface area (Å²) in [5.74, 6) is -0.0764. The minimum Gasteiger partial charge on any atom is -0.462 e. The number of hydrogen-bond acceptors (Lipinski definition) is 5. The molecule has 1 aliphatic heterocycles. The van der Waals surface area contributed by atoms with Crippen molar-refractivity contribution >= 4 is 56.0 Å². The van der Waals surface area contributed by atoms with E-state index in [2.05, 4.69) is 31.9 Å². The maximum absolute atomic E-state index is 12.7. The number of urea groups is 2. The van der Waals surface area contributed by atoms with Gasteiger partial charge in [-0.1, -0.05) is 22.0 Å². The molecule has 10 heteroatoms. The number of nitrogens with zero attached hydrogens (tertiary/aromatic N) is 1. The predicted molar refractivity (Wildman–Crippen MR) is 141 cm³/mol. The van der Waals surface area contributed by atoms with Gasteiger partial charge in [-0.3, -0.25) is 5.32 Å². The average molecular weight is 564 g/mol. The Morgan fingerprint density at radius 3 is 2.66 bits per heavy atom. The number of thiophene rings is 1. The Hall–Kier alpha value is -2.59. The Kier molecular flexibility index (Phi) is 8.67. The first-order chi connectivity index (χ1) is 16.9. The molecule has 2 heterocycles. The second-order valence-corrected chi connectivity index (χ2v) is 10.9. The molecule has 188 valence electrons. The van der Waals surface area contributed by atoms with Crippen molar-refractivity contribution in [3.8, 4) is 0 Å². The summed E-state index contributed by atoms with van der Waals surface area (Å²) in [5, 5.41) is 9.35. The Balaban J connectivity index is 1.26. The van der Waals surface area contributed by atoms with Crippen LogP contribution in [0, 0.1) is 5.92 Å². The van der Waals surface area contributed by atoms with E-state index in [1.165, 1.54) is 16.2 Å². The van der Waals surface area contributed by atoms with Crippen LogP contribution in [0.1, 0.15) is 53.4 Å². The van der Waals surface area contributed by atoms with E-state index in [1.54, 1.807) is 11.8 Å². The van der Waals surface area contributed by atoms with Crippen LogP contribution < -0.4 is 16.0 Å². The number of ether oxygens (including phenoxy) is 1. The fraction of sp³-hybridized carbons (Fsp3) is 0.480. The summed E-state index contributed by atoms with van der Waals surface area (Å²) in [6.45, 7) is 3.88. The lowest BCUT2D eigenvalue weighted by atomic mass is 9.95. The molecule has 2 aromatic rings. The normalized spacial score (nSPS) is 15.8. The van der Waals surface area contributed by atoms with Crippen LogP contribution in [0.25, 0.3) is 0 Å². The highest BCUT2D eigenvalue weighted by atomic mass is 79.9. The van der Waals surface area contributed by atoms with Crippen LogP contribution in [0.5, 0.6) is 0 Å². The molecule has 0 unspecified atom stereocenters. The van der Waals surface area contributed by atoms with E-state index in [1.807, 2.05) is 24.3 Å². The molecule has 8 nitrogen and oxygen atoms in total. The van der Waals surface area contributed by atoms with Gasteiger partial charge in [-0.05, 0) is 75.1 Å². The van der Waals surface area contributed by atoms with E-state index < -0.39 is 0 Å². The molecule has 0 radical (unpaired) electrons. The third-order valence-electron chi connectivity index (χ3n) is 6.41. The number of hydrogen-bond donors (Lipinski definition) is 3. The summed E-state index contributed by atoms with van der Waals surface area (Å²) < 4.78 is 6.17. The zero-order valence-corrected chi connectivity index (χ0v) is 22.2. The van der Waals surface area contributed by atoms with Gasteiger partial charge in [-0.2, -0.15) is 0 Å². The molecule has 4 amide bonds. The lowest BCUT2D eigenvalue weighted by molar-refractivity contribution is 0.0526. The van der Waals surface area contributed by atoms with Crippen molar-refractivity contribution in [1.29, 1.82) is 0 Å². The second kappa shape index (κ2) is 11.9. The molecule has 0 atom stereocenters. The van der Waals surface area contributed by atoms with E-state index in [0.717, 1.165) is 54.2 Å². The van der Waals surface area contributed by atoms with Gasteiger partial charge in [0, 0.05) is 34.7 Å². The van der Waals surface area contributed by atoms with Crippen molar-refractivity contribution in [1.82, 2.24) is 10.2 Å². The van der Waals surface area contributed by atoms with Gasteiger partial charge in [-0.25, -0.2) is 14.4 Å². The number of fused-ring (bicyclic) bond motifs is 1. The van der Waals surface area contributed by atoms with Crippen LogP contribution in [0.2, 0.25) is 0 Å². The van der Waals surface area contributed by atoms with Crippen molar-refractivity contribution in [3.63, 3.8) is 0 Å². The number of piperidine rings is 1. The minimum atomic E-state index is -0.365. The van der Waals surface area contributed by atoms with E-state index in [0.29, 0.717) is 36.8 Å². The van der Waals surface area contributed by atoms with Crippen molar-refractivity contribution < 1.29 is 19.1 Å². The summed E-state index contributed by atoms with van der Waals surface area (Å²) in [6.07, 6.45) is 5.55. The Morgan fingerprint density at radius 1 is 1.14 bits per heavy atom. The third-order valence-corrected chi connectivity index (χ3v) is 8.11. The second-order valence-electron chi connectivity index (χ2n) is 8.84. The molecule has 35 heavy (non-hydrogen) atoms. The smallest absolute Gasteiger partial charge is 0.341 e. The van der Waals surface area contributed by atoms with Gasteiger partial charge >= 0.3 is 18.0 Å². The first kappa shape index (κ1) is 25.5. The van der Waals surface area contributed by atoms with Crippen LogP contribution in [-0.2, 0) is 17.6 Å². The van der Waals surface area contributed by atoms with Crippen molar-refractivity contribution in [2.24, 2.45) is 5.92 Å². The summed E-state index contributed by atoms with van der Waals surface area (Å²) >= 11 is 4.90. The highest BCUT2D eigenvalue weighted by Gasteiger charge is 2.28. The molecule has 2 aliphatic rings. The molecular weight excluding hydrogens is 532 g/mol. The number of nitrogens with one attached hydrogen (secondary N) is 3. The molecule has 1 aliphatic carbocycles. The topological polar surface area (TPSA) is 99.8 Å². The van der Waals surface area contributed by atoms with Gasteiger partial charge < -0.3 is 20.3 Å². The lowest BCUT2D eigenvalue weighted by Gasteiger charge is -2.32. The number of amides is 4. The summed E-state index contributed by atoms with van der Waals surface area (Å²) in [7, 11) is 0. The Labute approximate surface area is 217 Å². The summed E-state index contributed by atoms with van der Waals surface area (Å²) in [5.41, 5.74) is 2.30. The zero-order chi connectivity index (χ0) is 24.8. The molecular formula is C25H31BrN4O4S. The number of anilines is 2. The maximum atomic E-state index is 12.7. The molecule has 4 rings (SSSR count). The van der Waals surface area contributed by atoms with Crippen molar-refractivity contribution in [3.05, 3.63) is 44.7 Å². The summed E-state index contributed by atoms with van der Waals surface area (Å²) in [6, 6.07) is 7.09. The first-order valence-corrected chi connectivity index (χ1v) is 13.7. The van der Waals surface area contributed by atoms with Crippen LogP contribution in [0.4, 0.5) is 20.3 Å². The van der Waals surface area contributed by atoms with Gasteiger partial charge in [0.05, 0.1) is 12.2 Å². The molecule has 1 aromatic carbocycles. The first-order valence-electron chi connectivity index (χ1n) is 12.1. The van der Waals surface area contributed by atoms with Crippen molar-refractivity contribution in [2.75, 3.05) is 36.9 Å². The average Bonchev–Trinajstić information content (AvgIpc) is 3.21. The number of halogens is 1. The van der Waals surface area contributed by atoms with Gasteiger partial charge in [0.15, 0.2) is 0 Å². The number of benzene rings is 1. The fourth-order valence-corrected chi connectivity index (χ4v) is 6.24. The standard InChI is InChI=1S/C25H31BrN4O4S/c1-2-34-23(31)21-19-8-3-4-9-20(19)35-22(21)29-24(32)27-15-16-10-12-30(13-11-16)25(33)28-18-7-5-6-17(26)14-18/h5-7,14,16H,2-4,8-13,15H2,1H3,(H,28,33)(H2,27,29,32). The molecule has 1 aromatic heterocycles. The van der Waals surface area contributed by atoms with Gasteiger partial charge in [-0.15, -0.1) is 11.3 Å². The van der Waals surface area contributed by atoms with E-state index >= 15 is 0 Å². The molecule has 3 N–H and O–H groups in total. The number of carbonyl (C=O) groups excluding carboxylic acids is 3. The molecule has 1 fully saturated rings. The highest BCUT2D eigenvalue weighted by molar-refractivity contribution is 9.10. The number of rotatable bonds is 6. The Bertz CT molecular complexity index is 1080. The van der Waals surface area contributed by atoms with E-state index in [-0.39, 0.29) is 23.9 Å². The number of carbonyl (C=O) groups is 3. The van der Waals surface area contributed by atoms with E-state index in [9.17, 15) is 14.4 Å². The lowest BCUT2D eigenvalue weighted by Crippen LogP contribution is -2.43.